The second-order valence-electron chi connectivity index (χ2n) is 3.71. The summed E-state index contributed by atoms with van der Waals surface area (Å²) in [6, 6.07) is 0. The highest BCUT2D eigenvalue weighted by atomic mass is 16.1. The Labute approximate surface area is 73.1 Å². The number of amides is 1. The summed E-state index contributed by atoms with van der Waals surface area (Å²) in [5, 5.41) is 3.17. The number of hydrogen-bond donors (Lipinski definition) is 2. The van der Waals surface area contributed by atoms with Crippen molar-refractivity contribution in [1.29, 1.82) is 0 Å². The van der Waals surface area contributed by atoms with Crippen molar-refractivity contribution in [3.8, 4) is 0 Å². The molecule has 4 nitrogen and oxygen atoms in total. The third-order valence-electron chi connectivity index (χ3n) is 2.36. The number of hydrogen-bond acceptors (Lipinski definition) is 3. The predicted molar refractivity (Wildman–Crippen MR) is 47.7 cm³/mol. The average Bonchev–Trinajstić information content (AvgIpc) is 2.12. The van der Waals surface area contributed by atoms with Crippen LogP contribution in [0.25, 0.3) is 0 Å². The predicted octanol–water partition coefficient (Wildman–Crippen LogP) is -0.844. The number of nitrogens with zero attached hydrogens (tertiary/aromatic N) is 1. The maximum atomic E-state index is 11.1. The molecule has 1 aliphatic heterocycles. The van der Waals surface area contributed by atoms with Crippen molar-refractivity contribution in [1.82, 2.24) is 10.2 Å². The van der Waals surface area contributed by atoms with Crippen LogP contribution in [0.4, 0.5) is 0 Å². The fraction of sp³-hybridized carbons (Fsp3) is 0.875. The Kier molecular flexibility index (Phi) is 2.69. The van der Waals surface area contributed by atoms with E-state index in [-0.39, 0.29) is 5.91 Å². The summed E-state index contributed by atoms with van der Waals surface area (Å²) in [6.07, 6.45) is 1.07. The number of likely N-dealkylation sites (N-methyl/N-ethyl adjacent to an activating group) is 1. The van der Waals surface area contributed by atoms with Crippen LogP contribution in [-0.4, -0.2) is 43.0 Å². The van der Waals surface area contributed by atoms with Crippen LogP contribution >= 0.6 is 0 Å². The van der Waals surface area contributed by atoms with Crippen LogP contribution in [-0.2, 0) is 4.79 Å². The molecule has 0 radical (unpaired) electrons. The van der Waals surface area contributed by atoms with Crippen molar-refractivity contribution in [2.45, 2.75) is 18.9 Å². The molecule has 3 N–H and O–H groups in total. The first-order chi connectivity index (χ1) is 5.54. The summed E-state index contributed by atoms with van der Waals surface area (Å²) in [5.74, 6) is -0.267. The van der Waals surface area contributed by atoms with E-state index in [2.05, 4.69) is 10.2 Å². The quantitative estimate of drug-likeness (QED) is 0.540. The Morgan fingerprint density at radius 2 is 2.33 bits per heavy atom. The third kappa shape index (κ3) is 1.95. The van der Waals surface area contributed by atoms with Gasteiger partial charge < -0.3 is 16.0 Å². The fourth-order valence-corrected chi connectivity index (χ4v) is 1.55. The molecule has 1 heterocycles. The van der Waals surface area contributed by atoms with Gasteiger partial charge in [0.2, 0.25) is 5.91 Å². The molecule has 0 aromatic heterocycles. The van der Waals surface area contributed by atoms with E-state index >= 15 is 0 Å². The zero-order valence-corrected chi connectivity index (χ0v) is 7.76. The second kappa shape index (κ2) is 3.41. The lowest BCUT2D eigenvalue weighted by atomic mass is 10.0. The van der Waals surface area contributed by atoms with Gasteiger partial charge in [-0.2, -0.15) is 0 Å². The zero-order chi connectivity index (χ0) is 9.19. The minimum atomic E-state index is -0.550. The van der Waals surface area contributed by atoms with Crippen LogP contribution in [0.15, 0.2) is 0 Å². The van der Waals surface area contributed by atoms with Crippen molar-refractivity contribution >= 4 is 5.91 Å². The largest absolute Gasteiger partial charge is 0.368 e. The number of carbonyl (C=O) groups excluding carboxylic acids is 1. The van der Waals surface area contributed by atoms with Crippen molar-refractivity contribution in [3.05, 3.63) is 0 Å². The van der Waals surface area contributed by atoms with Gasteiger partial charge in [-0.1, -0.05) is 0 Å². The standard InChI is InChI=1S/C8H17N3O/c1-8(7(9)12)6-11(2)5-3-4-10-8/h10H,3-6H2,1-2H3,(H2,9,12). The molecule has 1 saturated heterocycles. The molecule has 0 spiro atoms. The van der Waals surface area contributed by atoms with Gasteiger partial charge in [0.1, 0.15) is 5.54 Å². The summed E-state index contributed by atoms with van der Waals surface area (Å²) in [4.78, 5) is 13.2. The Hall–Kier alpha value is -0.610. The number of nitrogens with one attached hydrogen (secondary N) is 1. The fourth-order valence-electron chi connectivity index (χ4n) is 1.55. The molecule has 0 aromatic rings. The van der Waals surface area contributed by atoms with E-state index in [1.54, 1.807) is 0 Å². The summed E-state index contributed by atoms with van der Waals surface area (Å²) in [7, 11) is 2.01. The smallest absolute Gasteiger partial charge is 0.238 e. The Morgan fingerprint density at radius 1 is 1.67 bits per heavy atom. The molecule has 0 bridgehead atoms. The molecule has 0 saturated carbocycles. The highest BCUT2D eigenvalue weighted by molar-refractivity contribution is 5.84. The number of carbonyl (C=O) groups is 1. The number of primary amides is 1. The number of rotatable bonds is 1. The molecule has 0 aliphatic carbocycles. The van der Waals surface area contributed by atoms with Gasteiger partial charge in [-0.05, 0) is 33.5 Å². The Morgan fingerprint density at radius 3 is 2.92 bits per heavy atom. The lowest BCUT2D eigenvalue weighted by Gasteiger charge is -2.28. The maximum Gasteiger partial charge on any atom is 0.238 e. The molecule has 1 rings (SSSR count). The highest BCUT2D eigenvalue weighted by Gasteiger charge is 2.32. The van der Waals surface area contributed by atoms with Crippen LogP contribution in [0.3, 0.4) is 0 Å². The minimum absolute atomic E-state index is 0.267. The third-order valence-corrected chi connectivity index (χ3v) is 2.36. The molecular weight excluding hydrogens is 154 g/mol. The van der Waals surface area contributed by atoms with Crippen LogP contribution in [0.2, 0.25) is 0 Å². The summed E-state index contributed by atoms with van der Waals surface area (Å²) in [6.45, 7) is 4.44. The van der Waals surface area contributed by atoms with E-state index in [1.807, 2.05) is 14.0 Å². The van der Waals surface area contributed by atoms with Gasteiger partial charge in [0.15, 0.2) is 0 Å². The summed E-state index contributed by atoms with van der Waals surface area (Å²) < 4.78 is 0. The van der Waals surface area contributed by atoms with Crippen LogP contribution < -0.4 is 11.1 Å². The molecule has 1 atom stereocenters. The van der Waals surface area contributed by atoms with Crippen molar-refractivity contribution < 1.29 is 4.79 Å². The molecule has 12 heavy (non-hydrogen) atoms. The zero-order valence-electron chi connectivity index (χ0n) is 7.76. The monoisotopic (exact) mass is 171 g/mol. The molecule has 1 amide bonds. The van der Waals surface area contributed by atoms with Crippen molar-refractivity contribution in [3.63, 3.8) is 0 Å². The van der Waals surface area contributed by atoms with Gasteiger partial charge in [0, 0.05) is 6.54 Å². The van der Waals surface area contributed by atoms with Crippen molar-refractivity contribution in [2.75, 3.05) is 26.7 Å². The first-order valence-corrected chi connectivity index (χ1v) is 4.28. The van der Waals surface area contributed by atoms with E-state index in [9.17, 15) is 4.79 Å². The average molecular weight is 171 g/mol. The van der Waals surface area contributed by atoms with E-state index < -0.39 is 5.54 Å². The topological polar surface area (TPSA) is 58.4 Å². The first kappa shape index (κ1) is 9.48. The van der Waals surface area contributed by atoms with Crippen LogP contribution in [0.5, 0.6) is 0 Å². The molecular formula is C8H17N3O. The second-order valence-corrected chi connectivity index (χ2v) is 3.71. The summed E-state index contributed by atoms with van der Waals surface area (Å²) >= 11 is 0. The highest BCUT2D eigenvalue weighted by Crippen LogP contribution is 2.08. The van der Waals surface area contributed by atoms with E-state index in [0.717, 1.165) is 19.5 Å². The molecule has 1 unspecified atom stereocenters. The van der Waals surface area contributed by atoms with Gasteiger partial charge in [0.25, 0.3) is 0 Å². The maximum absolute atomic E-state index is 11.1. The van der Waals surface area contributed by atoms with E-state index in [0.29, 0.717) is 6.54 Å². The van der Waals surface area contributed by atoms with E-state index in [1.165, 1.54) is 0 Å². The molecule has 1 aliphatic rings. The lowest BCUT2D eigenvalue weighted by molar-refractivity contribution is -0.124. The minimum Gasteiger partial charge on any atom is -0.368 e. The van der Waals surface area contributed by atoms with Crippen LogP contribution in [0.1, 0.15) is 13.3 Å². The molecule has 0 aromatic carbocycles. The molecule has 70 valence electrons. The number of nitrogens with two attached hydrogens (primary N) is 1. The van der Waals surface area contributed by atoms with Gasteiger partial charge in [0.05, 0.1) is 0 Å². The van der Waals surface area contributed by atoms with Gasteiger partial charge in [-0.25, -0.2) is 0 Å². The Balaban J connectivity index is 2.67. The summed E-state index contributed by atoms with van der Waals surface area (Å²) in [5.41, 5.74) is 4.75. The van der Waals surface area contributed by atoms with Gasteiger partial charge in [-0.15, -0.1) is 0 Å². The first-order valence-electron chi connectivity index (χ1n) is 4.28. The van der Waals surface area contributed by atoms with Crippen molar-refractivity contribution in [2.24, 2.45) is 5.73 Å². The van der Waals surface area contributed by atoms with Crippen LogP contribution in [0, 0.1) is 0 Å². The molecule has 1 fully saturated rings. The normalized spacial score (nSPS) is 32.8. The SMILES string of the molecule is CN1CCCNC(C)(C(N)=O)C1. The lowest BCUT2D eigenvalue weighted by Crippen LogP contribution is -2.57. The Bertz CT molecular complexity index is 183. The van der Waals surface area contributed by atoms with Gasteiger partial charge in [-0.3, -0.25) is 4.79 Å². The van der Waals surface area contributed by atoms with E-state index in [4.69, 9.17) is 5.73 Å². The molecule has 4 heteroatoms. The van der Waals surface area contributed by atoms with Gasteiger partial charge >= 0.3 is 0 Å².